The van der Waals surface area contributed by atoms with Crippen LogP contribution in [0.5, 0.6) is 0 Å². The number of benzene rings is 8. The normalized spacial score (nSPS) is 12.2. The maximum absolute atomic E-state index is 5.13. The van der Waals surface area contributed by atoms with Gasteiger partial charge in [-0.2, -0.15) is 0 Å². The van der Waals surface area contributed by atoms with Gasteiger partial charge in [-0.15, -0.1) is 0 Å². The highest BCUT2D eigenvalue weighted by Gasteiger charge is 2.19. The number of para-hydroxylation sites is 7. The zero-order valence-electron chi connectivity index (χ0n) is 30.4. The zero-order valence-corrected chi connectivity index (χ0v) is 31.2. The van der Waals surface area contributed by atoms with Gasteiger partial charge in [-0.05, 0) is 102 Å². The minimum Gasteiger partial charge on any atom is -0.309 e. The molecule has 0 amide bonds. The lowest BCUT2D eigenvalue weighted by Crippen LogP contribution is -1.96. The summed E-state index contributed by atoms with van der Waals surface area (Å²) < 4.78 is 9.37. The van der Waals surface area contributed by atoms with Gasteiger partial charge in [-0.1, -0.05) is 102 Å². The van der Waals surface area contributed by atoms with Crippen molar-refractivity contribution < 1.29 is 0 Å². The number of fused-ring (bicyclic) bond motifs is 15. The van der Waals surface area contributed by atoms with E-state index >= 15 is 0 Å². The van der Waals surface area contributed by atoms with Crippen LogP contribution in [0.2, 0.25) is 0 Å². The van der Waals surface area contributed by atoms with Gasteiger partial charge >= 0.3 is 0 Å². The highest BCUT2D eigenvalue weighted by molar-refractivity contribution is 7.21. The Bertz CT molecular complexity index is 3820. The molecule has 0 saturated carbocycles. The lowest BCUT2D eigenvalue weighted by atomic mass is 10.0. The van der Waals surface area contributed by atoms with Gasteiger partial charge < -0.3 is 9.13 Å². The second-order valence-electron chi connectivity index (χ2n) is 14.7. The van der Waals surface area contributed by atoms with Crippen molar-refractivity contribution in [1.82, 2.24) is 27.9 Å². The third kappa shape index (κ3) is 4.34. The van der Waals surface area contributed by atoms with E-state index in [1.807, 2.05) is 0 Å². The highest BCUT2D eigenvalue weighted by atomic mass is 32.1. The molecule has 0 saturated heterocycles. The van der Waals surface area contributed by atoms with Gasteiger partial charge in [0.1, 0.15) is 0 Å². The van der Waals surface area contributed by atoms with E-state index < -0.39 is 0 Å². The molecule has 0 aliphatic carbocycles. The number of imidazole rings is 2. The summed E-state index contributed by atoms with van der Waals surface area (Å²) in [6, 6.07) is 65.6. The molecule has 57 heavy (non-hydrogen) atoms. The molecule has 0 bridgehead atoms. The monoisotopic (exact) mass is 746 g/mol. The van der Waals surface area contributed by atoms with Crippen LogP contribution in [0.25, 0.3) is 109 Å². The van der Waals surface area contributed by atoms with Crippen LogP contribution >= 0.6 is 11.3 Å². The second-order valence-corrected chi connectivity index (χ2v) is 15.7. The van der Waals surface area contributed by atoms with Gasteiger partial charge in [0.05, 0.1) is 55.2 Å². The first-order valence-electron chi connectivity index (χ1n) is 19.2. The number of aromatic nitrogens is 6. The third-order valence-electron chi connectivity index (χ3n) is 11.6. The molecule has 0 aliphatic heterocycles. The highest BCUT2D eigenvalue weighted by Crippen LogP contribution is 2.39. The van der Waals surface area contributed by atoms with E-state index in [2.05, 4.69) is 200 Å². The molecule has 266 valence electrons. The van der Waals surface area contributed by atoms with Crippen molar-refractivity contribution in [3.8, 4) is 22.5 Å². The second kappa shape index (κ2) is 11.5. The van der Waals surface area contributed by atoms with Crippen molar-refractivity contribution >= 4 is 98.0 Å². The Hall–Kier alpha value is -7.48. The average Bonchev–Trinajstić information content (AvgIpc) is 3.99. The quantitative estimate of drug-likeness (QED) is 0.181. The molecule has 0 fully saturated rings. The zero-order chi connectivity index (χ0) is 37.2. The first-order chi connectivity index (χ1) is 28.3. The summed E-state index contributed by atoms with van der Waals surface area (Å²) in [7, 11) is 0. The minimum atomic E-state index is 0.902. The van der Waals surface area contributed by atoms with Crippen LogP contribution in [0.4, 0.5) is 0 Å². The topological polar surface area (TPSA) is 44.5 Å². The fourth-order valence-electron chi connectivity index (χ4n) is 9.15. The van der Waals surface area contributed by atoms with Crippen molar-refractivity contribution in [2.45, 2.75) is 0 Å². The van der Waals surface area contributed by atoms with Crippen LogP contribution in [0.1, 0.15) is 0 Å². The van der Waals surface area contributed by atoms with Crippen molar-refractivity contribution in [1.29, 1.82) is 0 Å². The summed E-state index contributed by atoms with van der Waals surface area (Å²) in [5, 5.41) is 4.94. The molecule has 0 aliphatic rings. The first-order valence-corrected chi connectivity index (χ1v) is 20.0. The van der Waals surface area contributed by atoms with E-state index in [-0.39, 0.29) is 0 Å². The predicted octanol–water partition coefficient (Wildman–Crippen LogP) is 12.9. The predicted molar refractivity (Wildman–Crippen MR) is 237 cm³/mol. The van der Waals surface area contributed by atoms with E-state index in [9.17, 15) is 0 Å². The van der Waals surface area contributed by atoms with E-state index in [1.165, 1.54) is 54.9 Å². The van der Waals surface area contributed by atoms with Gasteiger partial charge in [0.15, 0.2) is 9.92 Å². The molecular formula is C50H30N6S. The largest absolute Gasteiger partial charge is 0.309 e. The Kier molecular flexibility index (Phi) is 6.23. The Morgan fingerprint density at radius 2 is 0.772 bits per heavy atom. The van der Waals surface area contributed by atoms with Crippen LogP contribution in [-0.2, 0) is 0 Å². The van der Waals surface area contributed by atoms with Crippen molar-refractivity contribution in [2.24, 2.45) is 0 Å². The summed E-state index contributed by atoms with van der Waals surface area (Å²) in [4.78, 5) is 12.0. The smallest absolute Gasteiger partial charge is 0.198 e. The fraction of sp³-hybridized carbons (Fsp3) is 0. The van der Waals surface area contributed by atoms with Crippen molar-refractivity contribution in [2.75, 3.05) is 0 Å². The molecule has 5 heterocycles. The summed E-state index contributed by atoms with van der Waals surface area (Å²) in [6.45, 7) is 0. The van der Waals surface area contributed by atoms with Crippen LogP contribution in [-0.4, -0.2) is 27.9 Å². The maximum atomic E-state index is 5.13. The van der Waals surface area contributed by atoms with Gasteiger partial charge in [0.25, 0.3) is 0 Å². The van der Waals surface area contributed by atoms with Crippen LogP contribution < -0.4 is 0 Å². The summed E-state index contributed by atoms with van der Waals surface area (Å²) in [5.41, 5.74) is 15.6. The maximum Gasteiger partial charge on any atom is 0.198 e. The average molecular weight is 747 g/mol. The van der Waals surface area contributed by atoms with E-state index in [0.717, 1.165) is 54.2 Å². The molecular weight excluding hydrogens is 717 g/mol. The Morgan fingerprint density at radius 3 is 1.37 bits per heavy atom. The molecule has 0 atom stereocenters. The Balaban J connectivity index is 1.05. The SMILES string of the molecule is c1ccc(-n2c3ccccc3c3cc(-c4ccc5c(c4)c4ccccc4n5-c4ccc5c(c4)n4c(nc6ccccc64)sc4nc6ccccc6n45)ccc32)cc1. The summed E-state index contributed by atoms with van der Waals surface area (Å²) in [5.74, 6) is 0. The molecule has 8 aromatic carbocycles. The lowest BCUT2D eigenvalue weighted by Gasteiger charge is -2.11. The van der Waals surface area contributed by atoms with Gasteiger partial charge in [-0.3, -0.25) is 8.80 Å². The molecule has 5 aromatic heterocycles. The molecule has 7 heteroatoms. The molecule has 13 rings (SSSR count). The number of nitrogens with zero attached hydrogens (tertiary/aromatic N) is 6. The minimum absolute atomic E-state index is 0.902. The number of rotatable bonds is 3. The molecule has 0 radical (unpaired) electrons. The van der Waals surface area contributed by atoms with Crippen LogP contribution in [0.3, 0.4) is 0 Å². The molecule has 0 N–H and O–H groups in total. The Morgan fingerprint density at radius 1 is 0.316 bits per heavy atom. The summed E-state index contributed by atoms with van der Waals surface area (Å²) in [6.07, 6.45) is 0. The number of hydrogen-bond donors (Lipinski definition) is 0. The fourth-order valence-corrected chi connectivity index (χ4v) is 10.2. The lowest BCUT2D eigenvalue weighted by molar-refractivity contribution is 1.17. The van der Waals surface area contributed by atoms with Crippen molar-refractivity contribution in [3.05, 3.63) is 182 Å². The van der Waals surface area contributed by atoms with E-state index in [1.54, 1.807) is 11.3 Å². The molecule has 6 nitrogen and oxygen atoms in total. The number of hydrogen-bond acceptors (Lipinski definition) is 3. The Labute approximate surface area is 329 Å². The van der Waals surface area contributed by atoms with Crippen molar-refractivity contribution in [3.63, 3.8) is 0 Å². The molecule has 0 spiro atoms. The third-order valence-corrected chi connectivity index (χ3v) is 12.5. The standard InChI is InChI=1S/C50H30N6S/c1-2-12-33(13-3-1)53-41-18-8-4-14-35(41)37-28-31(22-25-43(37)53)32-23-26-44-38(29-32)36-15-5-9-19-42(36)54(44)34-24-27-47-48(30-34)56-46-21-11-7-17-40(46)52-50(56)57-49-51-39-16-6-10-20-45(39)55(47)49/h1-30H. The first kappa shape index (κ1) is 30.8. The van der Waals surface area contributed by atoms with Gasteiger partial charge in [-0.25, -0.2) is 9.97 Å². The van der Waals surface area contributed by atoms with Crippen LogP contribution in [0.15, 0.2) is 182 Å². The van der Waals surface area contributed by atoms with E-state index in [4.69, 9.17) is 9.97 Å². The van der Waals surface area contributed by atoms with Gasteiger partial charge in [0.2, 0.25) is 0 Å². The van der Waals surface area contributed by atoms with Crippen LogP contribution in [0, 0.1) is 0 Å². The van der Waals surface area contributed by atoms with E-state index in [0.29, 0.717) is 0 Å². The molecule has 13 aromatic rings. The van der Waals surface area contributed by atoms with Gasteiger partial charge in [0, 0.05) is 32.9 Å². The summed E-state index contributed by atoms with van der Waals surface area (Å²) >= 11 is 1.62. The molecule has 0 unspecified atom stereocenters.